The van der Waals surface area contributed by atoms with Crippen LogP contribution in [0.3, 0.4) is 0 Å². The highest BCUT2D eigenvalue weighted by atomic mass is 35.5. The molecule has 2 nitrogen and oxygen atoms in total. The summed E-state index contributed by atoms with van der Waals surface area (Å²) in [5.74, 6) is -0.466. The van der Waals surface area contributed by atoms with E-state index in [1.807, 2.05) is 6.07 Å². The minimum absolute atomic E-state index is 0.00269. The molecule has 2 aromatic rings. The van der Waals surface area contributed by atoms with E-state index in [0.717, 1.165) is 18.5 Å². The first kappa shape index (κ1) is 22.1. The predicted octanol–water partition coefficient (Wildman–Crippen LogP) is 5.78. The highest BCUT2D eigenvalue weighted by molar-refractivity contribution is 6.30. The molecule has 0 spiro atoms. The topological polar surface area (TPSA) is 38.0 Å². The van der Waals surface area contributed by atoms with Crippen molar-refractivity contribution in [1.82, 2.24) is 5.32 Å². The zero-order valence-corrected chi connectivity index (χ0v) is 17.3. The Bertz CT molecular complexity index is 725. The van der Waals surface area contributed by atoms with E-state index in [9.17, 15) is 8.78 Å². The van der Waals surface area contributed by atoms with Crippen LogP contribution in [-0.4, -0.2) is 18.6 Å². The van der Waals surface area contributed by atoms with Gasteiger partial charge in [-0.25, -0.2) is 8.78 Å². The van der Waals surface area contributed by atoms with Gasteiger partial charge in [0.25, 0.3) is 0 Å². The van der Waals surface area contributed by atoms with Gasteiger partial charge >= 0.3 is 0 Å². The van der Waals surface area contributed by atoms with Crippen LogP contribution in [-0.2, 0) is 0 Å². The Morgan fingerprint density at radius 3 is 2.22 bits per heavy atom. The quantitative estimate of drug-likeness (QED) is 0.653. The first-order valence-electron chi connectivity index (χ1n) is 8.91. The zero-order chi connectivity index (χ0) is 20.2. The van der Waals surface area contributed by atoms with E-state index < -0.39 is 0 Å². The van der Waals surface area contributed by atoms with Crippen LogP contribution in [0.15, 0.2) is 42.5 Å². The molecule has 0 aliphatic carbocycles. The molecule has 1 heterocycles. The van der Waals surface area contributed by atoms with Crippen molar-refractivity contribution in [3.8, 4) is 0 Å². The first-order chi connectivity index (χ1) is 12.5. The summed E-state index contributed by atoms with van der Waals surface area (Å²) in [6.45, 7) is 7.39. The summed E-state index contributed by atoms with van der Waals surface area (Å²) in [5, 5.41) is 4.33. The van der Waals surface area contributed by atoms with Gasteiger partial charge in [0.15, 0.2) is 0 Å². The lowest BCUT2D eigenvalue weighted by molar-refractivity contribution is 0.310. The van der Waals surface area contributed by atoms with Crippen LogP contribution in [0.1, 0.15) is 38.7 Å². The zero-order valence-electron chi connectivity index (χ0n) is 15.8. The predicted molar refractivity (Wildman–Crippen MR) is 109 cm³/mol. The van der Waals surface area contributed by atoms with Crippen LogP contribution in [0.4, 0.5) is 8.78 Å². The summed E-state index contributed by atoms with van der Waals surface area (Å²) in [4.78, 5) is 0. The number of nitrogens with one attached hydrogen (secondary N) is 1. The molecule has 6 heteroatoms. The van der Waals surface area contributed by atoms with Gasteiger partial charge in [0, 0.05) is 34.6 Å². The summed E-state index contributed by atoms with van der Waals surface area (Å²) >= 11 is 11.3. The van der Waals surface area contributed by atoms with Gasteiger partial charge < -0.3 is 11.1 Å². The van der Waals surface area contributed by atoms with Gasteiger partial charge in [0.1, 0.15) is 11.6 Å². The lowest BCUT2D eigenvalue weighted by Crippen LogP contribution is -2.40. The summed E-state index contributed by atoms with van der Waals surface area (Å²) in [7, 11) is 0. The monoisotopic (exact) mass is 414 g/mol. The van der Waals surface area contributed by atoms with Gasteiger partial charge in [-0.15, -0.1) is 0 Å². The summed E-state index contributed by atoms with van der Waals surface area (Å²) in [5.41, 5.74) is 7.45. The molecule has 3 N–H and O–H groups in total. The number of hydrogen-bond donors (Lipinski definition) is 2. The Morgan fingerprint density at radius 2 is 1.70 bits per heavy atom. The molecule has 0 radical (unpaired) electrons. The molecule has 0 bridgehead atoms. The van der Waals surface area contributed by atoms with E-state index in [1.165, 1.54) is 24.3 Å². The molecule has 0 aromatic heterocycles. The number of halogens is 4. The second kappa shape index (κ2) is 9.33. The molecule has 0 saturated carbocycles. The average Bonchev–Trinajstić information content (AvgIpc) is 2.86. The third-order valence-corrected chi connectivity index (χ3v) is 4.91. The molecule has 148 valence electrons. The van der Waals surface area contributed by atoms with Crippen molar-refractivity contribution in [2.45, 2.75) is 45.2 Å². The maximum absolute atomic E-state index is 13.4. The average molecular weight is 415 g/mol. The summed E-state index contributed by atoms with van der Waals surface area (Å²) in [6.07, 6.45) is 1.01. The van der Waals surface area contributed by atoms with Crippen LogP contribution < -0.4 is 11.1 Å². The van der Waals surface area contributed by atoms with Crippen molar-refractivity contribution >= 4 is 23.2 Å². The smallest absolute Gasteiger partial charge is 0.124 e. The van der Waals surface area contributed by atoms with Crippen LogP contribution >= 0.6 is 23.2 Å². The molecule has 1 saturated heterocycles. The Kier molecular flexibility index (Phi) is 7.64. The van der Waals surface area contributed by atoms with E-state index in [2.05, 4.69) is 26.1 Å². The van der Waals surface area contributed by atoms with Crippen LogP contribution in [0.2, 0.25) is 10.0 Å². The molecule has 3 atom stereocenters. The van der Waals surface area contributed by atoms with Gasteiger partial charge in [-0.05, 0) is 53.8 Å². The third-order valence-electron chi connectivity index (χ3n) is 4.46. The van der Waals surface area contributed by atoms with Gasteiger partial charge in [-0.3, -0.25) is 0 Å². The van der Waals surface area contributed by atoms with E-state index in [-0.39, 0.29) is 35.1 Å². The maximum Gasteiger partial charge on any atom is 0.124 e. The fraction of sp³-hybridized carbons (Fsp3) is 0.429. The molecule has 27 heavy (non-hydrogen) atoms. The lowest BCUT2D eigenvalue weighted by atomic mass is 9.83. The van der Waals surface area contributed by atoms with Crippen LogP contribution in [0.25, 0.3) is 0 Å². The van der Waals surface area contributed by atoms with Crippen molar-refractivity contribution in [3.05, 3.63) is 69.7 Å². The number of rotatable bonds is 2. The first-order valence-corrected chi connectivity index (χ1v) is 9.67. The third kappa shape index (κ3) is 7.04. The number of nitrogens with two attached hydrogens (primary N) is 1. The SMILES string of the molecule is CC(C)(C)CC1NCC(c2cc(F)cc(Cl)c2)C1N.Fc1cccc(Cl)c1. The second-order valence-corrected chi connectivity index (χ2v) is 8.98. The molecule has 3 unspecified atom stereocenters. The van der Waals surface area contributed by atoms with E-state index in [4.69, 9.17) is 28.9 Å². The fourth-order valence-corrected chi connectivity index (χ4v) is 3.70. The normalized spacial score (nSPS) is 22.3. The Labute approximate surface area is 170 Å². The maximum atomic E-state index is 13.4. The van der Waals surface area contributed by atoms with Crippen molar-refractivity contribution < 1.29 is 8.78 Å². The molecule has 0 amide bonds. The van der Waals surface area contributed by atoms with Crippen molar-refractivity contribution in [2.75, 3.05) is 6.54 Å². The highest BCUT2D eigenvalue weighted by Gasteiger charge is 2.36. The standard InChI is InChI=1S/C15H22ClFN2.C6H4ClF/c1-15(2,3)7-13-14(18)12(8-19-13)9-4-10(16)6-11(17)5-9;7-5-2-1-3-6(8)4-5/h4-6,12-14,19H,7-8,18H2,1-3H3;1-4H. The van der Waals surface area contributed by atoms with Crippen LogP contribution in [0, 0.1) is 17.0 Å². The van der Waals surface area contributed by atoms with Gasteiger partial charge in [0.05, 0.1) is 0 Å². The van der Waals surface area contributed by atoms with Gasteiger partial charge in [0.2, 0.25) is 0 Å². The van der Waals surface area contributed by atoms with Crippen molar-refractivity contribution in [1.29, 1.82) is 0 Å². The van der Waals surface area contributed by atoms with Crippen molar-refractivity contribution in [3.63, 3.8) is 0 Å². The van der Waals surface area contributed by atoms with Crippen molar-refractivity contribution in [2.24, 2.45) is 11.1 Å². The number of benzene rings is 2. The Balaban J connectivity index is 0.000000273. The lowest BCUT2D eigenvalue weighted by Gasteiger charge is -2.27. The summed E-state index contributed by atoms with van der Waals surface area (Å²) < 4.78 is 25.5. The Hall–Kier alpha value is -1.20. The molecule has 3 rings (SSSR count). The molecule has 1 aliphatic rings. The van der Waals surface area contributed by atoms with E-state index >= 15 is 0 Å². The minimum atomic E-state index is -0.297. The Morgan fingerprint density at radius 1 is 1.04 bits per heavy atom. The fourth-order valence-electron chi connectivity index (χ4n) is 3.29. The molecule has 1 aliphatic heterocycles. The largest absolute Gasteiger partial charge is 0.326 e. The molecule has 1 fully saturated rings. The van der Waals surface area contributed by atoms with Gasteiger partial charge in [-0.1, -0.05) is 50.0 Å². The highest BCUT2D eigenvalue weighted by Crippen LogP contribution is 2.32. The number of hydrogen-bond acceptors (Lipinski definition) is 2. The van der Waals surface area contributed by atoms with E-state index in [1.54, 1.807) is 12.1 Å². The minimum Gasteiger partial charge on any atom is -0.326 e. The second-order valence-electron chi connectivity index (χ2n) is 8.11. The summed E-state index contributed by atoms with van der Waals surface area (Å²) in [6, 6.07) is 10.8. The molecule has 2 aromatic carbocycles. The van der Waals surface area contributed by atoms with E-state index in [0.29, 0.717) is 10.0 Å². The molecular weight excluding hydrogens is 389 g/mol. The van der Waals surface area contributed by atoms with Gasteiger partial charge in [-0.2, -0.15) is 0 Å². The molecular formula is C21H26Cl2F2N2. The van der Waals surface area contributed by atoms with Crippen LogP contribution in [0.5, 0.6) is 0 Å².